The van der Waals surface area contributed by atoms with E-state index in [0.29, 0.717) is 6.54 Å². The summed E-state index contributed by atoms with van der Waals surface area (Å²) in [5, 5.41) is 0. The lowest BCUT2D eigenvalue weighted by Crippen LogP contribution is -2.11. The highest BCUT2D eigenvalue weighted by atomic mass is 14.7. The van der Waals surface area contributed by atoms with Crippen molar-refractivity contribution in [1.29, 1.82) is 0 Å². The first-order valence-corrected chi connectivity index (χ1v) is 3.85. The molecule has 0 spiro atoms. The summed E-state index contributed by atoms with van der Waals surface area (Å²) in [6.45, 7) is 12.3. The molecule has 0 aromatic carbocycles. The van der Waals surface area contributed by atoms with E-state index in [1.807, 2.05) is 12.3 Å². The second kappa shape index (κ2) is 4.89. The minimum absolute atomic E-state index is 0.144. The molecule has 0 bridgehead atoms. The van der Waals surface area contributed by atoms with Crippen molar-refractivity contribution >= 4 is 6.21 Å². The third kappa shape index (κ3) is 5.59. The van der Waals surface area contributed by atoms with E-state index in [1.165, 1.54) is 0 Å². The van der Waals surface area contributed by atoms with Crippen molar-refractivity contribution in [3.05, 3.63) is 25.3 Å². The summed E-state index contributed by atoms with van der Waals surface area (Å²) in [6, 6.07) is 0. The number of rotatable bonds is 5. The Labute approximate surface area is 69.5 Å². The zero-order valence-corrected chi connectivity index (χ0v) is 7.51. The first kappa shape index (κ1) is 10.2. The quantitative estimate of drug-likeness (QED) is 0.423. The van der Waals surface area contributed by atoms with Crippen LogP contribution in [0.5, 0.6) is 0 Å². The molecule has 0 fully saturated rings. The number of allylic oxidation sites excluding steroid dienone is 1. The van der Waals surface area contributed by atoms with Crippen molar-refractivity contribution < 1.29 is 0 Å². The van der Waals surface area contributed by atoms with Crippen LogP contribution >= 0.6 is 0 Å². The van der Waals surface area contributed by atoms with Crippen LogP contribution in [0, 0.1) is 5.41 Å². The van der Waals surface area contributed by atoms with Gasteiger partial charge < -0.3 is 0 Å². The van der Waals surface area contributed by atoms with Gasteiger partial charge in [0.1, 0.15) is 0 Å². The molecule has 0 unspecified atom stereocenters. The molecule has 0 atom stereocenters. The predicted molar refractivity (Wildman–Crippen MR) is 52.2 cm³/mol. The SMILES string of the molecule is C=CC/N=C/C(C)(C)CC=C. The van der Waals surface area contributed by atoms with Gasteiger partial charge in [0.05, 0.1) is 6.54 Å². The number of hydrogen-bond donors (Lipinski definition) is 0. The third-order valence-electron chi connectivity index (χ3n) is 1.35. The summed E-state index contributed by atoms with van der Waals surface area (Å²) >= 11 is 0. The normalized spacial score (nSPS) is 11.8. The van der Waals surface area contributed by atoms with Crippen molar-refractivity contribution in [3.63, 3.8) is 0 Å². The molecular weight excluding hydrogens is 134 g/mol. The highest BCUT2D eigenvalue weighted by Gasteiger charge is 2.11. The zero-order chi connectivity index (χ0) is 8.74. The van der Waals surface area contributed by atoms with Gasteiger partial charge >= 0.3 is 0 Å². The molecule has 0 aromatic rings. The van der Waals surface area contributed by atoms with Crippen LogP contribution in [0.2, 0.25) is 0 Å². The van der Waals surface area contributed by atoms with Crippen LogP contribution in [0.25, 0.3) is 0 Å². The standard InChI is InChI=1S/C10H17N/c1-5-7-10(3,4)9-11-8-6-2/h5-6,9H,1-2,7-8H2,3-4H3/b11-9+. The maximum atomic E-state index is 4.19. The second-order valence-corrected chi connectivity index (χ2v) is 3.26. The van der Waals surface area contributed by atoms with Crippen molar-refractivity contribution in [2.75, 3.05) is 6.54 Å². The van der Waals surface area contributed by atoms with E-state index in [-0.39, 0.29) is 5.41 Å². The monoisotopic (exact) mass is 151 g/mol. The van der Waals surface area contributed by atoms with Crippen LogP contribution in [0.1, 0.15) is 20.3 Å². The molecule has 0 heterocycles. The van der Waals surface area contributed by atoms with Gasteiger partial charge in [-0.2, -0.15) is 0 Å². The maximum Gasteiger partial charge on any atom is 0.0564 e. The summed E-state index contributed by atoms with van der Waals surface area (Å²) in [4.78, 5) is 4.19. The van der Waals surface area contributed by atoms with E-state index in [1.54, 1.807) is 6.08 Å². The van der Waals surface area contributed by atoms with Crippen molar-refractivity contribution in [3.8, 4) is 0 Å². The van der Waals surface area contributed by atoms with Gasteiger partial charge in [-0.15, -0.1) is 13.2 Å². The van der Waals surface area contributed by atoms with Crippen LogP contribution in [0.4, 0.5) is 0 Å². The molecule has 0 radical (unpaired) electrons. The Morgan fingerprint density at radius 1 is 1.27 bits per heavy atom. The summed E-state index contributed by atoms with van der Waals surface area (Å²) in [5.74, 6) is 0. The average Bonchev–Trinajstić information content (AvgIpc) is 1.87. The average molecular weight is 151 g/mol. The molecule has 0 saturated heterocycles. The molecule has 0 aromatic heterocycles. The van der Waals surface area contributed by atoms with Gasteiger partial charge in [0.15, 0.2) is 0 Å². The Balaban J connectivity index is 3.87. The lowest BCUT2D eigenvalue weighted by atomic mass is 9.91. The summed E-state index contributed by atoms with van der Waals surface area (Å²) in [7, 11) is 0. The molecule has 0 aliphatic carbocycles. The molecule has 0 N–H and O–H groups in total. The van der Waals surface area contributed by atoms with Crippen molar-refractivity contribution in [2.45, 2.75) is 20.3 Å². The third-order valence-corrected chi connectivity index (χ3v) is 1.35. The minimum Gasteiger partial charge on any atom is -0.293 e. The van der Waals surface area contributed by atoms with E-state index >= 15 is 0 Å². The second-order valence-electron chi connectivity index (χ2n) is 3.26. The molecular formula is C10H17N. The molecule has 0 aliphatic rings. The number of hydrogen-bond acceptors (Lipinski definition) is 1. The molecule has 0 aliphatic heterocycles. The van der Waals surface area contributed by atoms with Gasteiger partial charge in [-0.1, -0.05) is 26.0 Å². The van der Waals surface area contributed by atoms with E-state index in [4.69, 9.17) is 0 Å². The lowest BCUT2D eigenvalue weighted by Gasteiger charge is -2.15. The van der Waals surface area contributed by atoms with Gasteiger partial charge in [0.25, 0.3) is 0 Å². The molecule has 11 heavy (non-hydrogen) atoms. The van der Waals surface area contributed by atoms with Gasteiger partial charge in [0, 0.05) is 11.6 Å². The van der Waals surface area contributed by atoms with Crippen LogP contribution in [0.15, 0.2) is 30.3 Å². The van der Waals surface area contributed by atoms with Crippen LogP contribution in [0.3, 0.4) is 0 Å². The van der Waals surface area contributed by atoms with Gasteiger partial charge in [-0.3, -0.25) is 4.99 Å². The topological polar surface area (TPSA) is 12.4 Å². The highest BCUT2D eigenvalue weighted by Crippen LogP contribution is 2.17. The summed E-state index contributed by atoms with van der Waals surface area (Å²) in [5.41, 5.74) is 0.144. The maximum absolute atomic E-state index is 4.19. The highest BCUT2D eigenvalue weighted by molar-refractivity contribution is 5.64. The van der Waals surface area contributed by atoms with Crippen molar-refractivity contribution in [1.82, 2.24) is 0 Å². The van der Waals surface area contributed by atoms with Crippen LogP contribution in [-0.4, -0.2) is 12.8 Å². The smallest absolute Gasteiger partial charge is 0.0564 e. The van der Waals surface area contributed by atoms with Gasteiger partial charge in [-0.25, -0.2) is 0 Å². The predicted octanol–water partition coefficient (Wildman–Crippen LogP) is 2.85. The van der Waals surface area contributed by atoms with Gasteiger partial charge in [-0.05, 0) is 6.42 Å². The minimum atomic E-state index is 0.144. The molecule has 0 amide bonds. The Hall–Kier alpha value is -0.850. The first-order chi connectivity index (χ1) is 5.12. The van der Waals surface area contributed by atoms with Gasteiger partial charge in [0.2, 0.25) is 0 Å². The summed E-state index contributed by atoms with van der Waals surface area (Å²) < 4.78 is 0. The molecule has 1 heteroatoms. The Bertz CT molecular complexity index is 154. The molecule has 0 saturated carbocycles. The number of aliphatic imine (C=N–C) groups is 1. The van der Waals surface area contributed by atoms with E-state index in [0.717, 1.165) is 6.42 Å². The Kier molecular flexibility index (Phi) is 4.51. The summed E-state index contributed by atoms with van der Waals surface area (Å²) in [6.07, 6.45) is 6.64. The Morgan fingerprint density at radius 3 is 2.36 bits per heavy atom. The lowest BCUT2D eigenvalue weighted by molar-refractivity contribution is 0.545. The first-order valence-electron chi connectivity index (χ1n) is 3.85. The molecule has 0 rings (SSSR count). The van der Waals surface area contributed by atoms with Crippen LogP contribution in [-0.2, 0) is 0 Å². The largest absolute Gasteiger partial charge is 0.293 e. The van der Waals surface area contributed by atoms with Crippen molar-refractivity contribution in [2.24, 2.45) is 10.4 Å². The Morgan fingerprint density at radius 2 is 1.91 bits per heavy atom. The fraction of sp³-hybridized carbons (Fsp3) is 0.500. The molecule has 1 nitrogen and oxygen atoms in total. The fourth-order valence-electron chi connectivity index (χ4n) is 0.799. The van der Waals surface area contributed by atoms with E-state index < -0.39 is 0 Å². The number of nitrogens with zero attached hydrogens (tertiary/aromatic N) is 1. The van der Waals surface area contributed by atoms with Crippen LogP contribution < -0.4 is 0 Å². The van der Waals surface area contributed by atoms with E-state index in [9.17, 15) is 0 Å². The fourth-order valence-corrected chi connectivity index (χ4v) is 0.799. The zero-order valence-electron chi connectivity index (χ0n) is 7.51. The van der Waals surface area contributed by atoms with E-state index in [2.05, 4.69) is 32.0 Å². The molecule has 62 valence electrons.